The fourth-order valence-corrected chi connectivity index (χ4v) is 3.46. The average Bonchev–Trinajstić information content (AvgIpc) is 2.83. The van der Waals surface area contributed by atoms with Crippen molar-refractivity contribution >= 4 is 22.4 Å². The number of hydrogen-bond acceptors (Lipinski definition) is 7. The molecule has 0 atom stereocenters. The van der Waals surface area contributed by atoms with Gasteiger partial charge in [-0.05, 0) is 48.1 Å². The van der Waals surface area contributed by atoms with Crippen LogP contribution in [0, 0.1) is 5.41 Å². The number of pyridine rings is 1. The molecular weight excluding hydrogens is 463 g/mol. The van der Waals surface area contributed by atoms with E-state index in [0.717, 1.165) is 6.20 Å². The normalized spacial score (nSPS) is 14.8. The fourth-order valence-electron chi connectivity index (χ4n) is 3.46. The third kappa shape index (κ3) is 5.08. The highest BCUT2D eigenvalue weighted by Gasteiger charge is 2.29. The van der Waals surface area contributed by atoms with E-state index >= 15 is 0 Å². The maximum Gasteiger partial charge on any atom is 0.422 e. The third-order valence-electron chi connectivity index (χ3n) is 5.06. The first-order valence-electron chi connectivity index (χ1n) is 10.3. The van der Waals surface area contributed by atoms with Crippen LogP contribution in [0.4, 0.5) is 13.2 Å². The van der Waals surface area contributed by atoms with Gasteiger partial charge in [-0.3, -0.25) is 9.36 Å². The minimum atomic E-state index is -4.55. The molecule has 0 unspecified atom stereocenters. The number of rotatable bonds is 6. The predicted octanol–water partition coefficient (Wildman–Crippen LogP) is 3.81. The Balaban J connectivity index is 1.93. The number of benzene rings is 1. The van der Waals surface area contributed by atoms with Crippen molar-refractivity contribution in [2.75, 3.05) is 20.8 Å². The lowest BCUT2D eigenvalue weighted by Crippen LogP contribution is -2.24. The molecular formula is C24H20F3N5O3. The lowest BCUT2D eigenvalue weighted by molar-refractivity contribution is -0.154. The van der Waals surface area contributed by atoms with E-state index in [-0.39, 0.29) is 28.3 Å². The van der Waals surface area contributed by atoms with Crippen LogP contribution in [0.25, 0.3) is 22.4 Å². The Bertz CT molecular complexity index is 1440. The van der Waals surface area contributed by atoms with Crippen molar-refractivity contribution in [3.05, 3.63) is 82.4 Å². The Kier molecular flexibility index (Phi) is 6.41. The summed E-state index contributed by atoms with van der Waals surface area (Å²) in [7, 11) is 3.20. The number of alkyl halides is 3. The molecule has 11 heteroatoms. The summed E-state index contributed by atoms with van der Waals surface area (Å²) in [5.74, 6) is 0.189. The van der Waals surface area contributed by atoms with E-state index in [1.807, 2.05) is 0 Å². The molecule has 0 saturated heterocycles. The summed E-state index contributed by atoms with van der Waals surface area (Å²) in [5.41, 5.74) is 1.88. The number of nitrogens with one attached hydrogen (secondary N) is 2. The fraction of sp³-hybridized carbons (Fsp3) is 0.167. The van der Waals surface area contributed by atoms with Gasteiger partial charge < -0.3 is 20.2 Å². The molecule has 4 rings (SSSR count). The molecule has 0 fully saturated rings. The molecule has 0 saturated carbocycles. The quantitative estimate of drug-likeness (QED) is 0.553. The van der Waals surface area contributed by atoms with Gasteiger partial charge in [-0.25, -0.2) is 4.98 Å². The number of nitrogens with zero attached hydrogens (tertiary/aromatic N) is 3. The van der Waals surface area contributed by atoms with E-state index in [9.17, 15) is 18.0 Å². The molecule has 0 radical (unpaired) electrons. The number of halogens is 3. The van der Waals surface area contributed by atoms with Crippen molar-refractivity contribution in [1.29, 1.82) is 5.41 Å². The van der Waals surface area contributed by atoms with E-state index < -0.39 is 18.3 Å². The summed E-state index contributed by atoms with van der Waals surface area (Å²) in [6.07, 6.45) is 3.06. The van der Waals surface area contributed by atoms with E-state index in [4.69, 9.17) is 14.9 Å². The molecule has 8 nitrogen and oxygen atoms in total. The van der Waals surface area contributed by atoms with Crippen LogP contribution in [-0.2, 0) is 0 Å². The number of fused-ring (bicyclic) bond motifs is 1. The highest BCUT2D eigenvalue weighted by Crippen LogP contribution is 2.26. The Hall–Kier alpha value is -4.41. The minimum absolute atomic E-state index is 0.0303. The van der Waals surface area contributed by atoms with Crippen molar-refractivity contribution in [3.8, 4) is 17.3 Å². The number of hydrogen-bond donors (Lipinski definition) is 2. The SMILES string of the molecule is CN/C=C1/C=C(c2cc3ncc(OCC(F)(F)F)nc3n(-c3ccc(OC)cc3)c2=O)C=CC1=N. The minimum Gasteiger partial charge on any atom is -0.497 e. The summed E-state index contributed by atoms with van der Waals surface area (Å²) in [6, 6.07) is 8.06. The Morgan fingerprint density at radius 1 is 1.20 bits per heavy atom. The smallest absolute Gasteiger partial charge is 0.422 e. The maximum atomic E-state index is 13.7. The van der Waals surface area contributed by atoms with Gasteiger partial charge in [0.1, 0.15) is 11.3 Å². The molecule has 0 aliphatic heterocycles. The van der Waals surface area contributed by atoms with Crippen molar-refractivity contribution in [2.45, 2.75) is 6.18 Å². The van der Waals surface area contributed by atoms with Gasteiger partial charge in [-0.1, -0.05) is 6.08 Å². The van der Waals surface area contributed by atoms with Gasteiger partial charge in [0.25, 0.3) is 5.56 Å². The lowest BCUT2D eigenvalue weighted by Gasteiger charge is -2.16. The topological polar surface area (TPSA) is 102 Å². The number of ether oxygens (including phenoxy) is 2. The molecule has 1 aliphatic rings. The predicted molar refractivity (Wildman–Crippen MR) is 125 cm³/mol. The summed E-state index contributed by atoms with van der Waals surface area (Å²) in [4.78, 5) is 22.1. The molecule has 0 amide bonds. The second-order valence-corrected chi connectivity index (χ2v) is 7.45. The summed E-state index contributed by atoms with van der Waals surface area (Å²) in [5, 5.41) is 10.9. The molecule has 180 valence electrons. The Morgan fingerprint density at radius 3 is 2.60 bits per heavy atom. The van der Waals surface area contributed by atoms with Crippen LogP contribution in [0.3, 0.4) is 0 Å². The lowest BCUT2D eigenvalue weighted by atomic mass is 9.96. The van der Waals surface area contributed by atoms with Gasteiger partial charge in [0.2, 0.25) is 5.88 Å². The van der Waals surface area contributed by atoms with Gasteiger partial charge in [-0.15, -0.1) is 0 Å². The summed E-state index contributed by atoms with van der Waals surface area (Å²) in [6.45, 7) is -1.54. The van der Waals surface area contributed by atoms with Gasteiger partial charge >= 0.3 is 6.18 Å². The van der Waals surface area contributed by atoms with Gasteiger partial charge in [0.05, 0.1) is 24.7 Å². The maximum absolute atomic E-state index is 13.7. The monoisotopic (exact) mass is 483 g/mol. The zero-order valence-electron chi connectivity index (χ0n) is 18.7. The molecule has 2 heterocycles. The second-order valence-electron chi connectivity index (χ2n) is 7.45. The van der Waals surface area contributed by atoms with Crippen LogP contribution < -0.4 is 20.3 Å². The average molecular weight is 483 g/mol. The number of aromatic nitrogens is 3. The van der Waals surface area contributed by atoms with Gasteiger partial charge in [0.15, 0.2) is 12.3 Å². The largest absolute Gasteiger partial charge is 0.497 e. The Labute approximate surface area is 197 Å². The molecule has 3 aromatic rings. The molecule has 1 aliphatic carbocycles. The summed E-state index contributed by atoms with van der Waals surface area (Å²) >= 11 is 0. The van der Waals surface area contributed by atoms with Gasteiger partial charge in [0, 0.05) is 24.4 Å². The highest BCUT2D eigenvalue weighted by molar-refractivity contribution is 6.13. The first-order chi connectivity index (χ1) is 16.7. The molecule has 2 N–H and O–H groups in total. The van der Waals surface area contributed by atoms with Crippen LogP contribution in [0.1, 0.15) is 5.56 Å². The van der Waals surface area contributed by atoms with Crippen molar-refractivity contribution in [2.24, 2.45) is 0 Å². The molecule has 0 bridgehead atoms. The number of methoxy groups -OCH3 is 1. The van der Waals surface area contributed by atoms with Crippen molar-refractivity contribution in [1.82, 2.24) is 19.9 Å². The van der Waals surface area contributed by atoms with Gasteiger partial charge in [-0.2, -0.15) is 18.2 Å². The van der Waals surface area contributed by atoms with Crippen molar-refractivity contribution in [3.63, 3.8) is 0 Å². The first-order valence-corrected chi connectivity index (χ1v) is 10.3. The van der Waals surface area contributed by atoms with E-state index in [1.54, 1.807) is 55.7 Å². The van der Waals surface area contributed by atoms with Crippen molar-refractivity contribution < 1.29 is 22.6 Å². The molecule has 2 aromatic heterocycles. The highest BCUT2D eigenvalue weighted by atomic mass is 19.4. The third-order valence-corrected chi connectivity index (χ3v) is 5.06. The van der Waals surface area contributed by atoms with E-state index in [1.165, 1.54) is 17.7 Å². The van der Waals surface area contributed by atoms with Crippen LogP contribution in [0.2, 0.25) is 0 Å². The van der Waals surface area contributed by atoms with E-state index in [2.05, 4.69) is 15.3 Å². The van der Waals surface area contributed by atoms with E-state index in [0.29, 0.717) is 22.6 Å². The van der Waals surface area contributed by atoms with Crippen LogP contribution in [0.15, 0.2) is 71.3 Å². The Morgan fingerprint density at radius 2 is 1.94 bits per heavy atom. The van der Waals surface area contributed by atoms with Crippen LogP contribution in [0.5, 0.6) is 11.6 Å². The zero-order chi connectivity index (χ0) is 25.2. The first kappa shape index (κ1) is 23.7. The van der Waals surface area contributed by atoms with Crippen LogP contribution >= 0.6 is 0 Å². The summed E-state index contributed by atoms with van der Waals surface area (Å²) < 4.78 is 49.1. The van der Waals surface area contributed by atoms with Crippen LogP contribution in [-0.4, -0.2) is 47.2 Å². The standard InChI is InChI=1S/C24H20F3N5O3/c1-29-11-15-9-14(3-8-19(15)28)18-10-20-22(31-21(12-30-20)35-13-24(25,26)27)32(23(18)33)16-4-6-17(34-2)7-5-16/h3-12,28-29H,13H2,1-2H3/b15-11-,28-19?. The molecule has 35 heavy (non-hydrogen) atoms. The molecule has 0 spiro atoms. The second kappa shape index (κ2) is 9.45. The number of allylic oxidation sites excluding steroid dienone is 5. The molecule has 1 aromatic carbocycles. The zero-order valence-corrected chi connectivity index (χ0v) is 18.7.